The van der Waals surface area contributed by atoms with E-state index in [1.165, 1.54) is 12.1 Å². The Labute approximate surface area is 107 Å². The molecule has 0 N–H and O–H groups in total. The van der Waals surface area contributed by atoms with E-state index in [-0.39, 0.29) is 11.7 Å². The summed E-state index contributed by atoms with van der Waals surface area (Å²) in [7, 11) is 0. The molecule has 0 unspecified atom stereocenters. The maximum Gasteiger partial charge on any atom is 0.274 e. The number of nitro benzene ring substituents is 1. The molecule has 0 saturated heterocycles. The van der Waals surface area contributed by atoms with E-state index in [9.17, 15) is 14.5 Å². The highest BCUT2D eigenvalue weighted by Crippen LogP contribution is 2.25. The normalized spacial score (nSPS) is 11.1. The minimum absolute atomic E-state index is 0.161. The minimum atomic E-state index is -0.575. The Hall–Kier alpha value is -1.65. The Morgan fingerprint density at radius 2 is 1.89 bits per heavy atom. The van der Waals surface area contributed by atoms with E-state index in [1.54, 1.807) is 0 Å². The average Bonchev–Trinajstić information content (AvgIpc) is 2.24. The van der Waals surface area contributed by atoms with Gasteiger partial charge in [0, 0.05) is 24.3 Å². The molecule has 0 fully saturated rings. The predicted octanol–water partition coefficient (Wildman–Crippen LogP) is 3.60. The second-order valence-corrected chi connectivity index (χ2v) is 5.06. The molecule has 1 aromatic carbocycles. The van der Waals surface area contributed by atoms with E-state index in [2.05, 4.69) is 13.8 Å². The van der Waals surface area contributed by atoms with E-state index in [0.29, 0.717) is 11.6 Å². The van der Waals surface area contributed by atoms with Gasteiger partial charge >= 0.3 is 0 Å². The van der Waals surface area contributed by atoms with Crippen LogP contribution in [0.2, 0.25) is 0 Å². The van der Waals surface area contributed by atoms with Gasteiger partial charge in [0.25, 0.3) is 5.69 Å². The molecule has 0 aromatic heterocycles. The SMILES string of the molecule is CC(C)CN(c1cc(F)cc([N+](=O)[O-])c1)C(C)C. The highest BCUT2D eigenvalue weighted by molar-refractivity contribution is 5.54. The molecule has 0 aliphatic rings. The van der Waals surface area contributed by atoms with Crippen LogP contribution in [0, 0.1) is 21.8 Å². The number of nitro groups is 1. The second kappa shape index (κ2) is 5.80. The molecule has 0 spiro atoms. The number of benzene rings is 1. The summed E-state index contributed by atoms with van der Waals surface area (Å²) in [5, 5.41) is 10.7. The molecule has 0 aliphatic heterocycles. The van der Waals surface area contributed by atoms with E-state index in [4.69, 9.17) is 0 Å². The lowest BCUT2D eigenvalue weighted by atomic mass is 10.1. The molecule has 0 atom stereocenters. The van der Waals surface area contributed by atoms with Gasteiger partial charge in [-0.25, -0.2) is 4.39 Å². The summed E-state index contributed by atoms with van der Waals surface area (Å²) in [4.78, 5) is 12.1. The van der Waals surface area contributed by atoms with Gasteiger partial charge in [-0.05, 0) is 25.8 Å². The fraction of sp³-hybridized carbons (Fsp3) is 0.538. The molecular weight excluding hydrogens is 235 g/mol. The molecular formula is C13H19FN2O2. The molecule has 5 heteroatoms. The van der Waals surface area contributed by atoms with Gasteiger partial charge in [-0.15, -0.1) is 0 Å². The first-order valence-corrected chi connectivity index (χ1v) is 6.03. The maximum atomic E-state index is 13.4. The van der Waals surface area contributed by atoms with Gasteiger partial charge in [-0.2, -0.15) is 0 Å². The molecule has 1 rings (SSSR count). The van der Waals surface area contributed by atoms with Crippen LogP contribution in [0.5, 0.6) is 0 Å². The van der Waals surface area contributed by atoms with Crippen LogP contribution in [0.1, 0.15) is 27.7 Å². The number of non-ortho nitro benzene ring substituents is 1. The fourth-order valence-electron chi connectivity index (χ4n) is 1.84. The maximum absolute atomic E-state index is 13.4. The molecule has 0 radical (unpaired) electrons. The van der Waals surface area contributed by atoms with Crippen LogP contribution in [0.4, 0.5) is 15.8 Å². The van der Waals surface area contributed by atoms with Gasteiger partial charge in [0.1, 0.15) is 5.82 Å². The monoisotopic (exact) mass is 254 g/mol. The van der Waals surface area contributed by atoms with Crippen LogP contribution in [-0.4, -0.2) is 17.5 Å². The van der Waals surface area contributed by atoms with E-state index in [0.717, 1.165) is 12.6 Å². The van der Waals surface area contributed by atoms with Crippen molar-refractivity contribution in [2.75, 3.05) is 11.4 Å². The molecule has 100 valence electrons. The number of nitrogens with zero attached hydrogens (tertiary/aromatic N) is 2. The van der Waals surface area contributed by atoms with Crippen LogP contribution in [-0.2, 0) is 0 Å². The van der Waals surface area contributed by atoms with Crippen molar-refractivity contribution < 1.29 is 9.31 Å². The zero-order valence-corrected chi connectivity index (χ0v) is 11.2. The first kappa shape index (κ1) is 14.4. The number of rotatable bonds is 5. The standard InChI is InChI=1S/C13H19FN2O2/c1-9(2)8-15(10(3)4)12-5-11(14)6-13(7-12)16(17)18/h5-7,9-10H,8H2,1-4H3. The van der Waals surface area contributed by atoms with Crippen LogP contribution in [0.3, 0.4) is 0 Å². The molecule has 0 saturated carbocycles. The number of hydrogen-bond acceptors (Lipinski definition) is 3. The summed E-state index contributed by atoms with van der Waals surface area (Å²) in [5.41, 5.74) is 0.352. The lowest BCUT2D eigenvalue weighted by molar-refractivity contribution is -0.385. The van der Waals surface area contributed by atoms with Crippen molar-refractivity contribution in [2.45, 2.75) is 33.7 Å². The van der Waals surface area contributed by atoms with Gasteiger partial charge in [0.15, 0.2) is 0 Å². The molecule has 4 nitrogen and oxygen atoms in total. The Bertz CT molecular complexity index is 433. The third-order valence-corrected chi connectivity index (χ3v) is 2.59. The highest BCUT2D eigenvalue weighted by Gasteiger charge is 2.17. The summed E-state index contributed by atoms with van der Waals surface area (Å²) in [6, 6.07) is 3.87. The fourth-order valence-corrected chi connectivity index (χ4v) is 1.84. The van der Waals surface area contributed by atoms with Crippen molar-refractivity contribution in [2.24, 2.45) is 5.92 Å². The Balaban J connectivity index is 3.15. The summed E-state index contributed by atoms with van der Waals surface area (Å²) < 4.78 is 13.4. The lowest BCUT2D eigenvalue weighted by Gasteiger charge is -2.30. The smallest absolute Gasteiger partial charge is 0.274 e. The van der Waals surface area contributed by atoms with Crippen LogP contribution < -0.4 is 4.90 Å². The summed E-state index contributed by atoms with van der Waals surface area (Å²) in [6.45, 7) is 8.82. The van der Waals surface area contributed by atoms with Crippen molar-refractivity contribution in [3.05, 3.63) is 34.1 Å². The molecule has 0 bridgehead atoms. The van der Waals surface area contributed by atoms with Crippen molar-refractivity contribution in [3.63, 3.8) is 0 Å². The van der Waals surface area contributed by atoms with Gasteiger partial charge in [-0.3, -0.25) is 10.1 Å². The van der Waals surface area contributed by atoms with E-state index >= 15 is 0 Å². The van der Waals surface area contributed by atoms with Crippen molar-refractivity contribution >= 4 is 11.4 Å². The van der Waals surface area contributed by atoms with Gasteiger partial charge in [0.05, 0.1) is 11.0 Å². The number of anilines is 1. The van der Waals surface area contributed by atoms with Crippen LogP contribution in [0.25, 0.3) is 0 Å². The minimum Gasteiger partial charge on any atom is -0.369 e. The summed E-state index contributed by atoms with van der Waals surface area (Å²) >= 11 is 0. The Kier molecular flexibility index (Phi) is 4.64. The molecule has 0 heterocycles. The lowest BCUT2D eigenvalue weighted by Crippen LogP contribution is -2.34. The third-order valence-electron chi connectivity index (χ3n) is 2.59. The van der Waals surface area contributed by atoms with E-state index in [1.807, 2.05) is 18.7 Å². The predicted molar refractivity (Wildman–Crippen MR) is 70.4 cm³/mol. The summed E-state index contributed by atoms with van der Waals surface area (Å²) in [6.07, 6.45) is 0. The molecule has 18 heavy (non-hydrogen) atoms. The van der Waals surface area contributed by atoms with Crippen molar-refractivity contribution in [1.82, 2.24) is 0 Å². The topological polar surface area (TPSA) is 46.4 Å². The molecule has 0 amide bonds. The van der Waals surface area contributed by atoms with Gasteiger partial charge < -0.3 is 4.90 Å². The third kappa shape index (κ3) is 3.68. The quantitative estimate of drug-likeness (QED) is 0.595. The van der Waals surface area contributed by atoms with Gasteiger partial charge in [0.2, 0.25) is 0 Å². The van der Waals surface area contributed by atoms with Crippen molar-refractivity contribution in [3.8, 4) is 0 Å². The molecule has 0 aliphatic carbocycles. The first-order chi connectivity index (χ1) is 8.31. The number of hydrogen-bond donors (Lipinski definition) is 0. The zero-order chi connectivity index (χ0) is 13.9. The Morgan fingerprint density at radius 3 is 2.33 bits per heavy atom. The van der Waals surface area contributed by atoms with Gasteiger partial charge in [-0.1, -0.05) is 13.8 Å². The number of halogens is 1. The van der Waals surface area contributed by atoms with Crippen molar-refractivity contribution in [1.29, 1.82) is 0 Å². The average molecular weight is 254 g/mol. The second-order valence-electron chi connectivity index (χ2n) is 5.06. The van der Waals surface area contributed by atoms with Crippen LogP contribution in [0.15, 0.2) is 18.2 Å². The largest absolute Gasteiger partial charge is 0.369 e. The highest BCUT2D eigenvalue weighted by atomic mass is 19.1. The van der Waals surface area contributed by atoms with Crippen LogP contribution >= 0.6 is 0 Å². The Morgan fingerprint density at radius 1 is 1.28 bits per heavy atom. The van der Waals surface area contributed by atoms with E-state index < -0.39 is 10.7 Å². The zero-order valence-electron chi connectivity index (χ0n) is 11.2. The summed E-state index contributed by atoms with van der Waals surface area (Å²) in [5.74, 6) is -0.177. The first-order valence-electron chi connectivity index (χ1n) is 6.03. The molecule has 1 aromatic rings.